The first-order valence-electron chi connectivity index (χ1n) is 5.92. The number of carbonyl (C=O) groups excluding carboxylic acids is 3. The van der Waals surface area contributed by atoms with Crippen LogP contribution in [-0.2, 0) is 9.53 Å². The molecule has 1 aromatic carbocycles. The van der Waals surface area contributed by atoms with Crippen molar-refractivity contribution in [2.75, 3.05) is 0 Å². The van der Waals surface area contributed by atoms with Crippen LogP contribution in [0, 0.1) is 5.92 Å². The first-order chi connectivity index (χ1) is 9.32. The van der Waals surface area contributed by atoms with E-state index in [-0.39, 0.29) is 17.2 Å². The van der Waals surface area contributed by atoms with Gasteiger partial charge in [-0.2, -0.15) is 0 Å². The van der Waals surface area contributed by atoms with Crippen LogP contribution in [0.3, 0.4) is 0 Å². The number of carbonyl (C=O) groups is 3. The number of rotatable bonds is 4. The number of benzene rings is 1. The van der Waals surface area contributed by atoms with E-state index in [1.165, 1.54) is 12.1 Å². The van der Waals surface area contributed by atoms with Gasteiger partial charge in [0.2, 0.25) is 0 Å². The lowest BCUT2D eigenvalue weighted by molar-refractivity contribution is -0.130. The van der Waals surface area contributed by atoms with Crippen LogP contribution in [0.15, 0.2) is 24.3 Å². The Labute approximate surface area is 115 Å². The summed E-state index contributed by atoms with van der Waals surface area (Å²) >= 11 is 0. The van der Waals surface area contributed by atoms with E-state index in [9.17, 15) is 19.5 Å². The van der Waals surface area contributed by atoms with Gasteiger partial charge in [0, 0.05) is 0 Å². The van der Waals surface area contributed by atoms with Gasteiger partial charge in [-0.15, -0.1) is 0 Å². The smallest absolute Gasteiger partial charge is 0.342 e. The number of phenolic OH excluding ortho intramolecular Hbond substituents is 1. The highest BCUT2D eigenvalue weighted by molar-refractivity contribution is 5.99. The summed E-state index contributed by atoms with van der Waals surface area (Å²) in [5.41, 5.74) is 4.78. The molecular formula is C13H16N2O5. The Morgan fingerprint density at radius 2 is 1.85 bits per heavy atom. The largest absolute Gasteiger partial charge is 0.507 e. The maximum absolute atomic E-state index is 11.9. The molecule has 0 aromatic heterocycles. The Hall–Kier alpha value is -2.57. The zero-order valence-corrected chi connectivity index (χ0v) is 11.1. The second-order valence-corrected chi connectivity index (χ2v) is 4.44. The predicted molar refractivity (Wildman–Crippen MR) is 69.9 cm³/mol. The average Bonchev–Trinajstić information content (AvgIpc) is 2.34. The Morgan fingerprint density at radius 3 is 2.35 bits per heavy atom. The van der Waals surface area contributed by atoms with E-state index in [2.05, 4.69) is 0 Å². The van der Waals surface area contributed by atoms with Gasteiger partial charge in [-0.3, -0.25) is 10.1 Å². The Balaban J connectivity index is 2.86. The molecule has 4 N–H and O–H groups in total. The van der Waals surface area contributed by atoms with Crippen molar-refractivity contribution in [1.29, 1.82) is 0 Å². The molecule has 108 valence electrons. The molecular weight excluding hydrogens is 264 g/mol. The van der Waals surface area contributed by atoms with Crippen LogP contribution in [0.4, 0.5) is 4.79 Å². The summed E-state index contributed by atoms with van der Waals surface area (Å²) in [5, 5.41) is 11.4. The number of primary amides is 1. The van der Waals surface area contributed by atoms with Gasteiger partial charge in [0.25, 0.3) is 5.91 Å². The third kappa shape index (κ3) is 3.98. The minimum Gasteiger partial charge on any atom is -0.507 e. The van der Waals surface area contributed by atoms with E-state index in [1.807, 2.05) is 5.32 Å². The zero-order valence-electron chi connectivity index (χ0n) is 11.1. The third-order valence-electron chi connectivity index (χ3n) is 2.47. The molecule has 1 rings (SSSR count). The van der Waals surface area contributed by atoms with Crippen LogP contribution in [-0.4, -0.2) is 29.1 Å². The minimum atomic E-state index is -1.19. The van der Waals surface area contributed by atoms with Crippen molar-refractivity contribution < 1.29 is 24.2 Å². The number of hydrogen-bond donors (Lipinski definition) is 3. The number of nitrogens with one attached hydrogen (secondary N) is 1. The molecule has 0 fully saturated rings. The third-order valence-corrected chi connectivity index (χ3v) is 2.47. The first kappa shape index (κ1) is 15.5. The highest BCUT2D eigenvalue weighted by Gasteiger charge is 2.28. The number of phenols is 1. The van der Waals surface area contributed by atoms with Crippen LogP contribution in [0.1, 0.15) is 24.2 Å². The molecule has 0 saturated heterocycles. The maximum Gasteiger partial charge on any atom is 0.342 e. The van der Waals surface area contributed by atoms with Crippen molar-refractivity contribution in [2.24, 2.45) is 11.7 Å². The van der Waals surface area contributed by atoms with Crippen molar-refractivity contribution in [3.05, 3.63) is 29.8 Å². The molecule has 1 atom stereocenters. The van der Waals surface area contributed by atoms with Crippen molar-refractivity contribution in [2.45, 2.75) is 20.0 Å². The summed E-state index contributed by atoms with van der Waals surface area (Å²) < 4.78 is 5.02. The quantitative estimate of drug-likeness (QED) is 0.704. The van der Waals surface area contributed by atoms with Crippen LogP contribution in [0.25, 0.3) is 0 Å². The lowest BCUT2D eigenvalue weighted by Gasteiger charge is -2.20. The Bertz CT molecular complexity index is 527. The van der Waals surface area contributed by atoms with Gasteiger partial charge < -0.3 is 15.6 Å². The van der Waals surface area contributed by atoms with E-state index in [0.717, 1.165) is 0 Å². The van der Waals surface area contributed by atoms with Gasteiger partial charge in [-0.1, -0.05) is 26.0 Å². The average molecular weight is 280 g/mol. The summed E-state index contributed by atoms with van der Waals surface area (Å²) in [6.07, 6.45) is -1.19. The van der Waals surface area contributed by atoms with Gasteiger partial charge in [-0.05, 0) is 18.1 Å². The van der Waals surface area contributed by atoms with Crippen molar-refractivity contribution in [3.8, 4) is 5.75 Å². The number of amides is 3. The number of hydrogen-bond acceptors (Lipinski definition) is 5. The fourth-order valence-electron chi connectivity index (χ4n) is 1.51. The number of para-hydroxylation sites is 1. The molecule has 7 heteroatoms. The highest BCUT2D eigenvalue weighted by atomic mass is 16.5. The van der Waals surface area contributed by atoms with Gasteiger partial charge >= 0.3 is 12.0 Å². The minimum absolute atomic E-state index is 0.0648. The van der Waals surface area contributed by atoms with Crippen LogP contribution in [0.5, 0.6) is 5.75 Å². The van der Waals surface area contributed by atoms with Crippen molar-refractivity contribution >= 4 is 17.9 Å². The number of nitrogens with two attached hydrogens (primary N) is 1. The monoisotopic (exact) mass is 280 g/mol. The standard InChI is InChI=1S/C13H16N2O5/c1-7(2)10(11(17)15-13(14)19)20-12(18)8-5-3-4-6-9(8)16/h3-7,10,16H,1-2H3,(H3,14,15,17,19). The normalized spacial score (nSPS) is 11.8. The van der Waals surface area contributed by atoms with Gasteiger partial charge in [0.1, 0.15) is 11.3 Å². The zero-order chi connectivity index (χ0) is 15.3. The van der Waals surface area contributed by atoms with E-state index < -0.39 is 24.0 Å². The summed E-state index contributed by atoms with van der Waals surface area (Å²) in [6, 6.07) is 4.75. The molecule has 0 aliphatic heterocycles. The Kier molecular flexibility index (Phi) is 5.08. The van der Waals surface area contributed by atoms with Gasteiger partial charge in [-0.25, -0.2) is 9.59 Å². The van der Waals surface area contributed by atoms with Crippen molar-refractivity contribution in [3.63, 3.8) is 0 Å². The van der Waals surface area contributed by atoms with Crippen LogP contribution < -0.4 is 11.1 Å². The molecule has 0 aliphatic rings. The lowest BCUT2D eigenvalue weighted by atomic mass is 10.1. The predicted octanol–water partition coefficient (Wildman–Crippen LogP) is 0.769. The lowest BCUT2D eigenvalue weighted by Crippen LogP contribution is -2.45. The topological polar surface area (TPSA) is 119 Å². The van der Waals surface area contributed by atoms with Gasteiger partial charge in [0.05, 0.1) is 0 Å². The molecule has 1 aromatic rings. The summed E-state index contributed by atoms with van der Waals surface area (Å²) in [6.45, 7) is 3.28. The SMILES string of the molecule is CC(C)C(OC(=O)c1ccccc1O)C(=O)NC(N)=O. The molecule has 0 radical (unpaired) electrons. The van der Waals surface area contributed by atoms with E-state index in [1.54, 1.807) is 26.0 Å². The molecule has 0 bridgehead atoms. The maximum atomic E-state index is 11.9. The number of ether oxygens (including phenoxy) is 1. The van der Waals surface area contributed by atoms with E-state index in [4.69, 9.17) is 10.5 Å². The molecule has 0 heterocycles. The van der Waals surface area contributed by atoms with Crippen LogP contribution >= 0.6 is 0 Å². The number of urea groups is 1. The number of imide groups is 1. The summed E-state index contributed by atoms with van der Waals surface area (Å²) in [4.78, 5) is 34.2. The fraction of sp³-hybridized carbons (Fsp3) is 0.308. The molecule has 0 spiro atoms. The first-order valence-corrected chi connectivity index (χ1v) is 5.92. The molecule has 3 amide bonds. The molecule has 0 aliphatic carbocycles. The van der Waals surface area contributed by atoms with E-state index >= 15 is 0 Å². The van der Waals surface area contributed by atoms with Crippen LogP contribution in [0.2, 0.25) is 0 Å². The fourth-order valence-corrected chi connectivity index (χ4v) is 1.51. The Morgan fingerprint density at radius 1 is 1.25 bits per heavy atom. The molecule has 1 unspecified atom stereocenters. The highest BCUT2D eigenvalue weighted by Crippen LogP contribution is 2.19. The van der Waals surface area contributed by atoms with E-state index in [0.29, 0.717) is 0 Å². The second kappa shape index (κ2) is 6.55. The summed E-state index contributed by atoms with van der Waals surface area (Å²) in [5.74, 6) is -2.29. The van der Waals surface area contributed by atoms with Crippen molar-refractivity contribution in [1.82, 2.24) is 5.32 Å². The number of aromatic hydroxyl groups is 1. The number of esters is 1. The van der Waals surface area contributed by atoms with Gasteiger partial charge in [0.15, 0.2) is 6.10 Å². The molecule has 7 nitrogen and oxygen atoms in total. The molecule has 20 heavy (non-hydrogen) atoms. The second-order valence-electron chi connectivity index (χ2n) is 4.44. The summed E-state index contributed by atoms with van der Waals surface area (Å²) in [7, 11) is 0. The molecule has 0 saturated carbocycles.